The molecule has 1 amide bonds. The van der Waals surface area contributed by atoms with Crippen LogP contribution < -0.4 is 4.74 Å². The molecule has 0 atom stereocenters. The van der Waals surface area contributed by atoms with E-state index in [-0.39, 0.29) is 17.6 Å². The van der Waals surface area contributed by atoms with Crippen molar-refractivity contribution < 1.29 is 19.1 Å². The summed E-state index contributed by atoms with van der Waals surface area (Å²) in [5.74, 6) is 0.521. The zero-order valence-electron chi connectivity index (χ0n) is 13.6. The van der Waals surface area contributed by atoms with Gasteiger partial charge in [0.1, 0.15) is 10.7 Å². The van der Waals surface area contributed by atoms with Crippen molar-refractivity contribution in [3.05, 3.63) is 34.7 Å². The van der Waals surface area contributed by atoms with Crippen molar-refractivity contribution in [3.63, 3.8) is 0 Å². The number of esters is 1. The van der Waals surface area contributed by atoms with Crippen LogP contribution in [0.25, 0.3) is 6.08 Å². The summed E-state index contributed by atoms with van der Waals surface area (Å²) < 4.78 is 10.0. The maximum atomic E-state index is 12.1. The summed E-state index contributed by atoms with van der Waals surface area (Å²) in [6.45, 7) is 2.55. The summed E-state index contributed by atoms with van der Waals surface area (Å²) in [4.78, 5) is 26.3. The van der Waals surface area contributed by atoms with Gasteiger partial charge in [-0.05, 0) is 48.9 Å². The highest BCUT2D eigenvalue weighted by atomic mass is 32.2. The lowest BCUT2D eigenvalue weighted by molar-refractivity contribution is -0.143. The summed E-state index contributed by atoms with van der Waals surface area (Å²) >= 11 is 6.51. The molecule has 0 saturated carbocycles. The van der Waals surface area contributed by atoms with Crippen molar-refractivity contribution in [1.82, 2.24) is 4.90 Å². The molecule has 0 aromatic heterocycles. The second-order valence-electron chi connectivity index (χ2n) is 5.02. The Morgan fingerprint density at radius 2 is 2.04 bits per heavy atom. The summed E-state index contributed by atoms with van der Waals surface area (Å²) in [5.41, 5.74) is 0.946. The Morgan fingerprint density at radius 3 is 2.67 bits per heavy atom. The molecule has 128 valence electrons. The number of carbonyl (C=O) groups excluding carboxylic acids is 2. The lowest BCUT2D eigenvalue weighted by Crippen LogP contribution is -2.28. The molecule has 24 heavy (non-hydrogen) atoms. The van der Waals surface area contributed by atoms with Crippen LogP contribution in [0.5, 0.6) is 5.75 Å². The molecule has 0 N–H and O–H groups in total. The number of thioether (sulfide) groups is 1. The highest BCUT2D eigenvalue weighted by molar-refractivity contribution is 8.19. The number of benzene rings is 1. The van der Waals surface area contributed by atoms with Gasteiger partial charge in [0.2, 0.25) is 0 Å². The van der Waals surface area contributed by atoms with Gasteiger partial charge in [-0.3, -0.25) is 14.5 Å². The molecular weight excluding hydrogens is 346 g/mol. The molecular formula is C17H19NO4S2. The lowest BCUT2D eigenvalue weighted by atomic mass is 10.2. The van der Waals surface area contributed by atoms with Crippen LogP contribution in [-0.4, -0.2) is 41.4 Å². The van der Waals surface area contributed by atoms with Crippen molar-refractivity contribution in [2.45, 2.75) is 19.8 Å². The SMILES string of the molecule is CCOC(=O)CCCN1C(=O)SC(=Cc2ccc(OC)cc2)C1=S. The first kappa shape index (κ1) is 18.5. The molecule has 1 aliphatic rings. The van der Waals surface area contributed by atoms with Gasteiger partial charge in [0.05, 0.1) is 18.6 Å². The van der Waals surface area contributed by atoms with Crippen molar-refractivity contribution in [2.24, 2.45) is 0 Å². The van der Waals surface area contributed by atoms with Gasteiger partial charge in [-0.1, -0.05) is 24.4 Å². The second-order valence-corrected chi connectivity index (χ2v) is 6.39. The highest BCUT2D eigenvalue weighted by Gasteiger charge is 2.31. The molecule has 0 spiro atoms. The van der Waals surface area contributed by atoms with E-state index in [9.17, 15) is 9.59 Å². The predicted octanol–water partition coefficient (Wildman–Crippen LogP) is 3.88. The zero-order chi connectivity index (χ0) is 17.5. The third kappa shape index (κ3) is 4.82. The highest BCUT2D eigenvalue weighted by Crippen LogP contribution is 2.33. The number of carbonyl (C=O) groups is 2. The first-order chi connectivity index (χ1) is 11.5. The number of amides is 1. The van der Waals surface area contributed by atoms with Gasteiger partial charge in [-0.2, -0.15) is 0 Å². The minimum Gasteiger partial charge on any atom is -0.497 e. The normalized spacial score (nSPS) is 15.9. The fourth-order valence-electron chi connectivity index (χ4n) is 2.16. The number of methoxy groups -OCH3 is 1. The maximum absolute atomic E-state index is 12.1. The molecule has 1 aromatic carbocycles. The van der Waals surface area contributed by atoms with E-state index in [1.54, 1.807) is 14.0 Å². The quantitative estimate of drug-likeness (QED) is 0.415. The van der Waals surface area contributed by atoms with Crippen LogP contribution in [0.3, 0.4) is 0 Å². The summed E-state index contributed by atoms with van der Waals surface area (Å²) in [6, 6.07) is 7.52. The Balaban J connectivity index is 1.97. The molecule has 1 saturated heterocycles. The standard InChI is InChI=1S/C17H19NO4S2/c1-3-22-15(19)5-4-10-18-16(23)14(24-17(18)20)11-12-6-8-13(21-2)9-7-12/h6-9,11H,3-5,10H2,1-2H3. The Kier molecular flexibility index (Phi) is 6.81. The first-order valence-corrected chi connectivity index (χ1v) is 8.82. The molecule has 1 heterocycles. The Hall–Kier alpha value is -1.86. The zero-order valence-corrected chi connectivity index (χ0v) is 15.2. The second kappa shape index (κ2) is 8.84. The van der Waals surface area contributed by atoms with E-state index >= 15 is 0 Å². The third-order valence-corrected chi connectivity index (χ3v) is 4.85. The molecule has 0 bridgehead atoms. The number of thiocarbonyl (C=S) groups is 1. The van der Waals surface area contributed by atoms with Crippen molar-refractivity contribution in [2.75, 3.05) is 20.3 Å². The van der Waals surface area contributed by atoms with Crippen LogP contribution in [-0.2, 0) is 9.53 Å². The van der Waals surface area contributed by atoms with Crippen LogP contribution in [0.15, 0.2) is 29.2 Å². The molecule has 5 nitrogen and oxygen atoms in total. The van der Waals surface area contributed by atoms with E-state index in [1.165, 1.54) is 4.90 Å². The van der Waals surface area contributed by atoms with Gasteiger partial charge < -0.3 is 9.47 Å². The largest absolute Gasteiger partial charge is 0.497 e. The van der Waals surface area contributed by atoms with E-state index in [0.717, 1.165) is 28.0 Å². The fraction of sp³-hybridized carbons (Fsp3) is 0.353. The van der Waals surface area contributed by atoms with E-state index in [0.29, 0.717) is 24.6 Å². The smallest absolute Gasteiger partial charge is 0.305 e. The van der Waals surface area contributed by atoms with Crippen LogP contribution >= 0.6 is 24.0 Å². The van der Waals surface area contributed by atoms with Crippen LogP contribution in [0.2, 0.25) is 0 Å². The lowest BCUT2D eigenvalue weighted by Gasteiger charge is -2.14. The average molecular weight is 365 g/mol. The van der Waals surface area contributed by atoms with Crippen LogP contribution in [0.4, 0.5) is 4.79 Å². The molecule has 0 unspecified atom stereocenters. The topological polar surface area (TPSA) is 55.8 Å². The number of hydrogen-bond donors (Lipinski definition) is 0. The van der Waals surface area contributed by atoms with Crippen molar-refractivity contribution in [3.8, 4) is 5.75 Å². The molecule has 7 heteroatoms. The number of ether oxygens (including phenoxy) is 2. The third-order valence-electron chi connectivity index (χ3n) is 3.36. The summed E-state index contributed by atoms with van der Waals surface area (Å²) in [5, 5.41) is -0.108. The molecule has 2 rings (SSSR count). The minimum atomic E-state index is -0.253. The minimum absolute atomic E-state index is 0.108. The number of nitrogens with zero attached hydrogens (tertiary/aromatic N) is 1. The predicted molar refractivity (Wildman–Crippen MR) is 99.1 cm³/mol. The van der Waals surface area contributed by atoms with Crippen LogP contribution in [0.1, 0.15) is 25.3 Å². The van der Waals surface area contributed by atoms with Gasteiger partial charge >= 0.3 is 5.97 Å². The molecule has 1 aliphatic heterocycles. The fourth-order valence-corrected chi connectivity index (χ4v) is 3.45. The molecule has 1 fully saturated rings. The maximum Gasteiger partial charge on any atom is 0.305 e. The average Bonchev–Trinajstić information content (AvgIpc) is 2.83. The Bertz CT molecular complexity index is 655. The van der Waals surface area contributed by atoms with Gasteiger partial charge in [0.25, 0.3) is 5.24 Å². The van der Waals surface area contributed by atoms with Gasteiger partial charge in [0.15, 0.2) is 0 Å². The number of hydrogen-bond acceptors (Lipinski definition) is 6. The Labute approximate surface area is 151 Å². The van der Waals surface area contributed by atoms with Gasteiger partial charge in [0, 0.05) is 13.0 Å². The van der Waals surface area contributed by atoms with Gasteiger partial charge in [-0.25, -0.2) is 0 Å². The van der Waals surface area contributed by atoms with E-state index in [2.05, 4.69) is 0 Å². The van der Waals surface area contributed by atoms with Crippen molar-refractivity contribution in [1.29, 1.82) is 0 Å². The van der Waals surface area contributed by atoms with E-state index < -0.39 is 0 Å². The van der Waals surface area contributed by atoms with Gasteiger partial charge in [-0.15, -0.1) is 0 Å². The molecule has 1 aromatic rings. The van der Waals surface area contributed by atoms with E-state index in [4.69, 9.17) is 21.7 Å². The van der Waals surface area contributed by atoms with Crippen LogP contribution in [0, 0.1) is 0 Å². The molecule has 0 radical (unpaired) electrons. The van der Waals surface area contributed by atoms with E-state index in [1.807, 2.05) is 30.3 Å². The monoisotopic (exact) mass is 365 g/mol. The summed E-state index contributed by atoms with van der Waals surface area (Å²) in [6.07, 6.45) is 2.69. The number of rotatable bonds is 7. The molecule has 0 aliphatic carbocycles. The Morgan fingerprint density at radius 1 is 1.33 bits per heavy atom. The summed E-state index contributed by atoms with van der Waals surface area (Å²) in [7, 11) is 1.61. The van der Waals surface area contributed by atoms with Crippen molar-refractivity contribution >= 4 is 46.3 Å². The first-order valence-electron chi connectivity index (χ1n) is 7.60.